The van der Waals surface area contributed by atoms with E-state index in [0.717, 1.165) is 0 Å². The molecule has 0 aromatic heterocycles. The van der Waals surface area contributed by atoms with Crippen molar-refractivity contribution in [3.05, 3.63) is 28.8 Å². The Balaban J connectivity index is 2.94. The van der Waals surface area contributed by atoms with Crippen molar-refractivity contribution in [1.82, 2.24) is 0 Å². The Morgan fingerprint density at radius 3 is 2.77 bits per heavy atom. The number of carbonyl (C=O) groups is 1. The monoisotopic (exact) mass is 199 g/mol. The summed E-state index contributed by atoms with van der Waals surface area (Å²) in [6.45, 7) is 0.0415. The number of carbonyl (C=O) groups excluding carboxylic acids is 1. The van der Waals surface area contributed by atoms with Crippen LogP contribution in [0, 0.1) is 0 Å². The summed E-state index contributed by atoms with van der Waals surface area (Å²) in [6.07, 6.45) is 0. The van der Waals surface area contributed by atoms with E-state index in [9.17, 15) is 4.79 Å². The first-order chi connectivity index (χ1) is 6.13. The zero-order chi connectivity index (χ0) is 9.84. The summed E-state index contributed by atoms with van der Waals surface area (Å²) in [6, 6.07) is 4.73. The van der Waals surface area contributed by atoms with E-state index in [4.69, 9.17) is 22.1 Å². The molecule has 2 N–H and O–H groups in total. The van der Waals surface area contributed by atoms with Gasteiger partial charge in [0.1, 0.15) is 6.61 Å². The van der Waals surface area contributed by atoms with Gasteiger partial charge in [0, 0.05) is 23.4 Å². The summed E-state index contributed by atoms with van der Waals surface area (Å²) in [5.41, 5.74) is 6.47. The Morgan fingerprint density at radius 2 is 2.23 bits per heavy atom. The number of Topliss-reactive ketones (excluding diaryl/α,β-unsaturated/α-hetero) is 1. The molecule has 0 atom stereocenters. The fourth-order valence-electron chi connectivity index (χ4n) is 0.988. The minimum atomic E-state index is -0.128. The lowest BCUT2D eigenvalue weighted by Gasteiger charge is -2.01. The average molecular weight is 200 g/mol. The molecule has 13 heavy (non-hydrogen) atoms. The van der Waals surface area contributed by atoms with Gasteiger partial charge in [-0.05, 0) is 18.2 Å². The lowest BCUT2D eigenvalue weighted by molar-refractivity contribution is 0.0848. The highest BCUT2D eigenvalue weighted by Gasteiger charge is 2.06. The van der Waals surface area contributed by atoms with Gasteiger partial charge in [-0.2, -0.15) is 0 Å². The number of halogens is 1. The molecule has 1 rings (SSSR count). The number of rotatable bonds is 3. The van der Waals surface area contributed by atoms with Crippen molar-refractivity contribution in [1.29, 1.82) is 0 Å². The van der Waals surface area contributed by atoms with Crippen LogP contribution in [0.15, 0.2) is 18.2 Å². The molecule has 0 unspecified atom stereocenters. The van der Waals surface area contributed by atoms with Crippen LogP contribution in [0.3, 0.4) is 0 Å². The second-order valence-corrected chi connectivity index (χ2v) is 3.07. The summed E-state index contributed by atoms with van der Waals surface area (Å²) >= 11 is 5.72. The molecule has 0 fully saturated rings. The van der Waals surface area contributed by atoms with Crippen LogP contribution in [0.5, 0.6) is 0 Å². The Kier molecular flexibility index (Phi) is 3.28. The molecule has 70 valence electrons. The van der Waals surface area contributed by atoms with Gasteiger partial charge < -0.3 is 10.5 Å². The van der Waals surface area contributed by atoms with Gasteiger partial charge in [-0.1, -0.05) is 11.6 Å². The van der Waals surface area contributed by atoms with Crippen molar-refractivity contribution in [3.63, 3.8) is 0 Å². The van der Waals surface area contributed by atoms with E-state index in [-0.39, 0.29) is 12.4 Å². The molecule has 0 bridgehead atoms. The highest BCUT2D eigenvalue weighted by molar-refractivity contribution is 6.31. The summed E-state index contributed by atoms with van der Waals surface area (Å²) in [5, 5.41) is 0.458. The van der Waals surface area contributed by atoms with Gasteiger partial charge in [-0.25, -0.2) is 0 Å². The molecule has 4 heteroatoms. The number of nitrogen functional groups attached to an aromatic ring is 1. The van der Waals surface area contributed by atoms with Gasteiger partial charge in [0.25, 0.3) is 0 Å². The largest absolute Gasteiger partial charge is 0.399 e. The SMILES string of the molecule is COCC(=O)c1cc(N)cc(Cl)c1. The molecule has 0 spiro atoms. The number of ether oxygens (including phenoxy) is 1. The number of anilines is 1. The molecule has 1 aromatic carbocycles. The predicted octanol–water partition coefficient (Wildman–Crippen LogP) is 1.75. The first kappa shape index (κ1) is 10.0. The van der Waals surface area contributed by atoms with E-state index in [0.29, 0.717) is 16.3 Å². The number of hydrogen-bond donors (Lipinski definition) is 1. The number of nitrogens with two attached hydrogens (primary N) is 1. The number of hydrogen-bond acceptors (Lipinski definition) is 3. The van der Waals surface area contributed by atoms with Gasteiger partial charge in [-0.15, -0.1) is 0 Å². The lowest BCUT2D eigenvalue weighted by Crippen LogP contribution is -2.07. The molecular weight excluding hydrogens is 190 g/mol. The lowest BCUT2D eigenvalue weighted by atomic mass is 10.1. The first-order valence-electron chi connectivity index (χ1n) is 3.71. The molecule has 3 nitrogen and oxygen atoms in total. The first-order valence-corrected chi connectivity index (χ1v) is 4.09. The fraction of sp³-hybridized carbons (Fsp3) is 0.222. The Labute approximate surface area is 81.4 Å². The van der Waals surface area contributed by atoms with Gasteiger partial charge >= 0.3 is 0 Å². The second kappa shape index (κ2) is 4.25. The van der Waals surface area contributed by atoms with Crippen LogP contribution in [-0.4, -0.2) is 19.5 Å². The maximum absolute atomic E-state index is 11.3. The Hall–Kier alpha value is -1.06. The van der Waals surface area contributed by atoms with E-state index in [2.05, 4.69) is 0 Å². The number of methoxy groups -OCH3 is 1. The highest BCUT2D eigenvalue weighted by atomic mass is 35.5. The van der Waals surface area contributed by atoms with E-state index in [1.165, 1.54) is 7.11 Å². The Morgan fingerprint density at radius 1 is 1.54 bits per heavy atom. The highest BCUT2D eigenvalue weighted by Crippen LogP contribution is 2.16. The van der Waals surface area contributed by atoms with Crippen molar-refractivity contribution in [3.8, 4) is 0 Å². The number of benzene rings is 1. The summed E-state index contributed by atoms with van der Waals surface area (Å²) in [7, 11) is 1.46. The van der Waals surface area contributed by atoms with Gasteiger partial charge in [0.2, 0.25) is 0 Å². The van der Waals surface area contributed by atoms with Crippen LogP contribution in [0.1, 0.15) is 10.4 Å². The minimum absolute atomic E-state index is 0.0415. The second-order valence-electron chi connectivity index (χ2n) is 2.63. The molecule has 0 aliphatic carbocycles. The topological polar surface area (TPSA) is 52.3 Å². The predicted molar refractivity (Wildman–Crippen MR) is 52.1 cm³/mol. The molecular formula is C9H10ClNO2. The summed E-state index contributed by atoms with van der Waals surface area (Å²) in [4.78, 5) is 11.3. The van der Waals surface area contributed by atoms with Crippen LogP contribution >= 0.6 is 11.6 Å². The summed E-state index contributed by atoms with van der Waals surface area (Å²) < 4.78 is 4.70. The Bertz CT molecular complexity index is 305. The molecule has 0 aliphatic rings. The summed E-state index contributed by atoms with van der Waals surface area (Å²) in [5.74, 6) is -0.128. The van der Waals surface area contributed by atoms with Gasteiger partial charge in [0.05, 0.1) is 0 Å². The molecule has 0 heterocycles. The van der Waals surface area contributed by atoms with Crippen LogP contribution in [0.25, 0.3) is 0 Å². The minimum Gasteiger partial charge on any atom is -0.399 e. The van der Waals surface area contributed by atoms with E-state index < -0.39 is 0 Å². The molecule has 0 radical (unpaired) electrons. The molecule has 0 amide bonds. The third-order valence-electron chi connectivity index (χ3n) is 1.52. The molecule has 1 aromatic rings. The van der Waals surface area contributed by atoms with Crippen molar-refractivity contribution in [2.45, 2.75) is 0 Å². The van der Waals surface area contributed by atoms with Crippen LogP contribution in [0.2, 0.25) is 5.02 Å². The van der Waals surface area contributed by atoms with Gasteiger partial charge in [0.15, 0.2) is 5.78 Å². The van der Waals surface area contributed by atoms with Crippen molar-refractivity contribution >= 4 is 23.1 Å². The van der Waals surface area contributed by atoms with Crippen molar-refractivity contribution in [2.24, 2.45) is 0 Å². The maximum Gasteiger partial charge on any atom is 0.188 e. The quantitative estimate of drug-likeness (QED) is 0.596. The fourth-order valence-corrected chi connectivity index (χ4v) is 1.23. The molecule has 0 aliphatic heterocycles. The third kappa shape index (κ3) is 2.72. The molecule has 0 saturated carbocycles. The van der Waals surface area contributed by atoms with E-state index in [1.54, 1.807) is 18.2 Å². The maximum atomic E-state index is 11.3. The van der Waals surface area contributed by atoms with Crippen molar-refractivity contribution in [2.75, 3.05) is 19.5 Å². The van der Waals surface area contributed by atoms with Crippen LogP contribution in [0.4, 0.5) is 5.69 Å². The third-order valence-corrected chi connectivity index (χ3v) is 1.74. The number of ketones is 1. The van der Waals surface area contributed by atoms with Gasteiger partial charge in [-0.3, -0.25) is 4.79 Å². The van der Waals surface area contributed by atoms with E-state index in [1.807, 2.05) is 0 Å². The zero-order valence-electron chi connectivity index (χ0n) is 7.21. The zero-order valence-corrected chi connectivity index (χ0v) is 7.97. The van der Waals surface area contributed by atoms with E-state index >= 15 is 0 Å². The smallest absolute Gasteiger partial charge is 0.188 e. The normalized spacial score (nSPS) is 10.0. The average Bonchev–Trinajstić information content (AvgIpc) is 2.03. The van der Waals surface area contributed by atoms with Crippen LogP contribution < -0.4 is 5.73 Å². The van der Waals surface area contributed by atoms with Crippen molar-refractivity contribution < 1.29 is 9.53 Å². The standard InChI is InChI=1S/C9H10ClNO2/c1-13-5-9(12)6-2-7(10)4-8(11)3-6/h2-4H,5,11H2,1H3. The van der Waals surface area contributed by atoms with Crippen LogP contribution in [-0.2, 0) is 4.74 Å². The molecule has 0 saturated heterocycles.